The van der Waals surface area contributed by atoms with Crippen LogP contribution in [0.3, 0.4) is 0 Å². The van der Waals surface area contributed by atoms with Crippen LogP contribution in [-0.2, 0) is 9.53 Å². The number of ketones is 2. The number of fused-ring (bicyclic) bond motifs is 1. The zero-order chi connectivity index (χ0) is 18.8. The van der Waals surface area contributed by atoms with E-state index in [0.29, 0.717) is 24.3 Å². The molecule has 134 valence electrons. The predicted molar refractivity (Wildman–Crippen MR) is 106 cm³/mol. The highest BCUT2D eigenvalue weighted by atomic mass is 16.5. The lowest BCUT2D eigenvalue weighted by Crippen LogP contribution is -2.26. The molecule has 1 aliphatic carbocycles. The zero-order valence-electron chi connectivity index (χ0n) is 15.0. The summed E-state index contributed by atoms with van der Waals surface area (Å²) in [6.07, 6.45) is 7.12. The van der Waals surface area contributed by atoms with E-state index in [9.17, 15) is 9.59 Å². The van der Waals surface area contributed by atoms with Gasteiger partial charge in [-0.25, -0.2) is 4.99 Å². The summed E-state index contributed by atoms with van der Waals surface area (Å²) in [6, 6.07) is 13.5. The lowest BCUT2D eigenvalue weighted by molar-refractivity contribution is -0.115. The van der Waals surface area contributed by atoms with Gasteiger partial charge >= 0.3 is 0 Å². The number of carbonyl (C=O) groups excluding carboxylic acids is 2. The van der Waals surface area contributed by atoms with Gasteiger partial charge in [-0.15, -0.1) is 0 Å². The summed E-state index contributed by atoms with van der Waals surface area (Å²) in [7, 11) is 0. The van der Waals surface area contributed by atoms with Crippen LogP contribution in [-0.4, -0.2) is 30.6 Å². The quantitative estimate of drug-likeness (QED) is 0.612. The molecule has 1 atom stereocenters. The minimum absolute atomic E-state index is 0.114. The maximum atomic E-state index is 13.1. The van der Waals surface area contributed by atoms with Gasteiger partial charge in [-0.05, 0) is 34.9 Å². The largest absolute Gasteiger partial charge is 0.473 e. The van der Waals surface area contributed by atoms with E-state index < -0.39 is 5.92 Å². The van der Waals surface area contributed by atoms with Crippen LogP contribution >= 0.6 is 0 Å². The second kappa shape index (κ2) is 7.16. The summed E-state index contributed by atoms with van der Waals surface area (Å²) >= 11 is 0. The fraction of sp³-hybridized carbons (Fsp3) is 0.174. The fourth-order valence-electron chi connectivity index (χ4n) is 3.46. The van der Waals surface area contributed by atoms with Crippen LogP contribution in [0.15, 0.2) is 82.9 Å². The molecule has 0 saturated carbocycles. The van der Waals surface area contributed by atoms with E-state index in [-0.39, 0.29) is 17.5 Å². The van der Waals surface area contributed by atoms with E-state index in [0.717, 1.165) is 16.3 Å². The summed E-state index contributed by atoms with van der Waals surface area (Å²) < 4.78 is 5.33. The highest BCUT2D eigenvalue weighted by Gasteiger charge is 2.30. The Morgan fingerprint density at radius 1 is 1.15 bits per heavy atom. The molecule has 2 aromatic carbocycles. The average Bonchev–Trinajstić information content (AvgIpc) is 3.23. The second-order valence-corrected chi connectivity index (χ2v) is 6.60. The van der Waals surface area contributed by atoms with Gasteiger partial charge in [0.2, 0.25) is 5.78 Å². The second-order valence-electron chi connectivity index (χ2n) is 6.60. The Bertz CT molecular complexity index is 1050. The predicted octanol–water partition coefficient (Wildman–Crippen LogP) is 4.08. The molecule has 2 aromatic rings. The minimum atomic E-state index is -0.550. The summed E-state index contributed by atoms with van der Waals surface area (Å²) in [5, 5.41) is 1.92. The van der Waals surface area contributed by atoms with Crippen molar-refractivity contribution in [1.29, 1.82) is 0 Å². The van der Waals surface area contributed by atoms with Crippen LogP contribution in [0.2, 0.25) is 0 Å². The van der Waals surface area contributed by atoms with Crippen molar-refractivity contribution in [2.45, 2.75) is 6.92 Å². The van der Waals surface area contributed by atoms with E-state index in [1.165, 1.54) is 0 Å². The summed E-state index contributed by atoms with van der Waals surface area (Å²) in [6.45, 7) is 2.84. The summed E-state index contributed by atoms with van der Waals surface area (Å²) in [5.41, 5.74) is 2.21. The van der Waals surface area contributed by atoms with Gasteiger partial charge in [0.15, 0.2) is 5.78 Å². The summed E-state index contributed by atoms with van der Waals surface area (Å²) in [4.78, 5) is 30.0. The molecule has 0 radical (unpaired) electrons. The third-order valence-corrected chi connectivity index (χ3v) is 4.86. The van der Waals surface area contributed by atoms with Crippen LogP contribution < -0.4 is 0 Å². The number of hydrogen-bond donors (Lipinski definition) is 0. The lowest BCUT2D eigenvalue weighted by atomic mass is 9.84. The molecule has 0 aromatic heterocycles. The van der Waals surface area contributed by atoms with Crippen molar-refractivity contribution < 1.29 is 14.3 Å². The molecule has 1 heterocycles. The van der Waals surface area contributed by atoms with E-state index in [1.807, 2.05) is 61.5 Å². The molecular formula is C23H19NO3. The van der Waals surface area contributed by atoms with Crippen LogP contribution in [0, 0.1) is 5.92 Å². The normalized spacial score (nSPS) is 20.3. The molecule has 4 nitrogen and oxygen atoms in total. The van der Waals surface area contributed by atoms with Crippen LogP contribution in [0.25, 0.3) is 10.8 Å². The Kier molecular flexibility index (Phi) is 4.55. The SMILES string of the molecule is CC1=CC=CC(C(=O)C2=NCCO2)C1=CC(=O)c1cccc2ccccc12. The van der Waals surface area contributed by atoms with E-state index in [2.05, 4.69) is 4.99 Å². The molecule has 2 aliphatic rings. The van der Waals surface area contributed by atoms with Gasteiger partial charge in [0.05, 0.1) is 12.5 Å². The van der Waals surface area contributed by atoms with Crippen molar-refractivity contribution in [2.24, 2.45) is 10.9 Å². The number of aliphatic imine (C=N–C) groups is 1. The first-order chi connectivity index (χ1) is 13.1. The molecule has 4 heteroatoms. The minimum Gasteiger partial charge on any atom is -0.473 e. The van der Waals surface area contributed by atoms with Gasteiger partial charge in [-0.1, -0.05) is 60.7 Å². The Labute approximate surface area is 157 Å². The molecule has 1 unspecified atom stereocenters. The number of nitrogens with zero attached hydrogens (tertiary/aromatic N) is 1. The molecule has 0 saturated heterocycles. The topological polar surface area (TPSA) is 55.7 Å². The molecule has 0 fully saturated rings. The van der Waals surface area contributed by atoms with Crippen molar-refractivity contribution >= 4 is 28.2 Å². The van der Waals surface area contributed by atoms with Gasteiger partial charge in [-0.2, -0.15) is 0 Å². The standard InChI is InChI=1S/C23H19NO3/c1-15-6-4-11-19(22(26)23-24-12-13-27-23)20(15)14-21(25)18-10-5-8-16-7-2-3-9-17(16)18/h2-11,14,19H,12-13H2,1H3. The van der Waals surface area contributed by atoms with Gasteiger partial charge in [0, 0.05) is 5.56 Å². The van der Waals surface area contributed by atoms with Crippen molar-refractivity contribution in [3.63, 3.8) is 0 Å². The highest BCUT2D eigenvalue weighted by Crippen LogP contribution is 2.29. The number of rotatable bonds is 4. The number of ether oxygens (including phenoxy) is 1. The third kappa shape index (κ3) is 3.26. The zero-order valence-corrected chi connectivity index (χ0v) is 15.0. The van der Waals surface area contributed by atoms with Crippen LogP contribution in [0.5, 0.6) is 0 Å². The van der Waals surface area contributed by atoms with Crippen molar-refractivity contribution in [3.8, 4) is 0 Å². The Hall–Kier alpha value is -3.27. The van der Waals surface area contributed by atoms with Gasteiger partial charge in [-0.3, -0.25) is 9.59 Å². The Balaban J connectivity index is 1.73. The molecule has 0 amide bonds. The van der Waals surface area contributed by atoms with Gasteiger partial charge in [0.25, 0.3) is 5.90 Å². The summed E-state index contributed by atoms with van der Waals surface area (Å²) in [5.74, 6) is -0.710. The molecular weight excluding hydrogens is 338 g/mol. The number of carbonyl (C=O) groups is 2. The van der Waals surface area contributed by atoms with Gasteiger partial charge in [0.1, 0.15) is 6.61 Å². The molecule has 0 spiro atoms. The average molecular weight is 357 g/mol. The third-order valence-electron chi connectivity index (χ3n) is 4.86. The molecule has 1 aliphatic heterocycles. The monoisotopic (exact) mass is 357 g/mol. The van der Waals surface area contributed by atoms with Gasteiger partial charge < -0.3 is 4.74 Å². The highest BCUT2D eigenvalue weighted by molar-refractivity contribution is 6.38. The maximum absolute atomic E-state index is 13.1. The first-order valence-corrected chi connectivity index (χ1v) is 8.96. The van der Waals surface area contributed by atoms with E-state index in [1.54, 1.807) is 12.2 Å². The lowest BCUT2D eigenvalue weighted by Gasteiger charge is -2.19. The van der Waals surface area contributed by atoms with E-state index >= 15 is 0 Å². The molecule has 0 bridgehead atoms. The molecule has 27 heavy (non-hydrogen) atoms. The molecule has 0 N–H and O–H groups in total. The number of allylic oxidation sites excluding steroid dienone is 6. The fourth-order valence-corrected chi connectivity index (χ4v) is 3.46. The first kappa shape index (κ1) is 17.2. The van der Waals surface area contributed by atoms with E-state index in [4.69, 9.17) is 4.74 Å². The number of benzene rings is 2. The van der Waals surface area contributed by atoms with Crippen LogP contribution in [0.1, 0.15) is 17.3 Å². The maximum Gasteiger partial charge on any atom is 0.254 e. The Morgan fingerprint density at radius 3 is 2.78 bits per heavy atom. The van der Waals surface area contributed by atoms with Crippen molar-refractivity contribution in [1.82, 2.24) is 0 Å². The number of hydrogen-bond acceptors (Lipinski definition) is 4. The Morgan fingerprint density at radius 2 is 1.96 bits per heavy atom. The van der Waals surface area contributed by atoms with Crippen molar-refractivity contribution in [2.75, 3.05) is 13.2 Å². The first-order valence-electron chi connectivity index (χ1n) is 8.96. The number of Topliss-reactive ketones (excluding diaryl/α,β-unsaturated/α-hetero) is 1. The van der Waals surface area contributed by atoms with Crippen molar-refractivity contribution in [3.05, 3.63) is 83.5 Å². The molecule has 4 rings (SSSR count). The van der Waals surface area contributed by atoms with Crippen LogP contribution in [0.4, 0.5) is 0 Å². The smallest absolute Gasteiger partial charge is 0.254 e.